The molecule has 0 aromatic heterocycles. The maximum Gasteiger partial charge on any atom is 0.326 e. The number of phenols is 1. The molecule has 2 atom stereocenters. The van der Waals surface area contributed by atoms with Gasteiger partial charge in [0.2, 0.25) is 5.91 Å². The third kappa shape index (κ3) is 7.91. The monoisotopic (exact) mass is 456 g/mol. The molecule has 8 heteroatoms. The number of carboxylic acids is 2. The standard InChI is InChI=1S/C25H32N2O6/c1-16-9-10-18(14-21(16)28)25(2,3)11-12-26-19(15-22(29)30)23(31)27-20(24(32)33)13-17-7-5-4-6-8-17/h4-10,14,19-20,26,28H,11-13,15H2,1-3H3,(H,27,31)(H,29,30)(H,32,33)/t19-,20-/m0/s1. The summed E-state index contributed by atoms with van der Waals surface area (Å²) >= 11 is 0. The van der Waals surface area contributed by atoms with Crippen LogP contribution in [0.3, 0.4) is 0 Å². The van der Waals surface area contributed by atoms with Crippen molar-refractivity contribution in [1.82, 2.24) is 10.6 Å². The molecule has 0 fully saturated rings. The van der Waals surface area contributed by atoms with E-state index in [0.29, 0.717) is 13.0 Å². The number of amides is 1. The third-order valence-electron chi connectivity index (χ3n) is 5.72. The molecule has 0 aliphatic rings. The molecule has 0 aliphatic heterocycles. The summed E-state index contributed by atoms with van der Waals surface area (Å²) in [5, 5.41) is 34.2. The highest BCUT2D eigenvalue weighted by Crippen LogP contribution is 2.30. The molecule has 0 saturated heterocycles. The number of phenolic OH excluding ortho intramolecular Hbond substituents is 1. The van der Waals surface area contributed by atoms with Crippen LogP contribution in [0.1, 0.15) is 43.4 Å². The Morgan fingerprint density at radius 2 is 1.67 bits per heavy atom. The zero-order chi connectivity index (χ0) is 24.6. The van der Waals surface area contributed by atoms with Crippen molar-refractivity contribution in [2.24, 2.45) is 0 Å². The molecule has 0 radical (unpaired) electrons. The third-order valence-corrected chi connectivity index (χ3v) is 5.72. The molecule has 0 aliphatic carbocycles. The van der Waals surface area contributed by atoms with Crippen molar-refractivity contribution >= 4 is 17.8 Å². The maximum absolute atomic E-state index is 12.8. The van der Waals surface area contributed by atoms with Crippen molar-refractivity contribution in [3.63, 3.8) is 0 Å². The molecule has 0 heterocycles. The first-order chi connectivity index (χ1) is 15.5. The van der Waals surface area contributed by atoms with Gasteiger partial charge in [0, 0.05) is 6.42 Å². The predicted molar refractivity (Wildman–Crippen MR) is 124 cm³/mol. The van der Waals surface area contributed by atoms with Crippen molar-refractivity contribution in [2.45, 2.75) is 57.5 Å². The number of nitrogens with one attached hydrogen (secondary N) is 2. The van der Waals surface area contributed by atoms with Gasteiger partial charge in [-0.15, -0.1) is 0 Å². The zero-order valence-electron chi connectivity index (χ0n) is 19.2. The van der Waals surface area contributed by atoms with Gasteiger partial charge < -0.3 is 26.0 Å². The van der Waals surface area contributed by atoms with Crippen LogP contribution in [0.5, 0.6) is 5.75 Å². The quantitative estimate of drug-likeness (QED) is 0.331. The Labute approximate surface area is 193 Å². The van der Waals surface area contributed by atoms with Gasteiger partial charge in [-0.25, -0.2) is 4.79 Å². The molecular formula is C25H32N2O6. The lowest BCUT2D eigenvalue weighted by atomic mass is 9.81. The Morgan fingerprint density at radius 3 is 2.24 bits per heavy atom. The summed E-state index contributed by atoms with van der Waals surface area (Å²) in [6.07, 6.45) is 0.173. The molecule has 2 aromatic carbocycles. The van der Waals surface area contributed by atoms with Gasteiger partial charge in [-0.2, -0.15) is 0 Å². The number of rotatable bonds is 12. The summed E-state index contributed by atoms with van der Waals surface area (Å²) < 4.78 is 0. The Bertz CT molecular complexity index is 974. The van der Waals surface area contributed by atoms with E-state index in [-0.39, 0.29) is 17.6 Å². The SMILES string of the molecule is Cc1ccc(C(C)(C)CCN[C@@H](CC(=O)O)C(=O)N[C@@H](Cc2ccccc2)C(=O)O)cc1O. The number of hydrogen-bond donors (Lipinski definition) is 5. The number of carbonyl (C=O) groups is 3. The molecule has 33 heavy (non-hydrogen) atoms. The van der Waals surface area contributed by atoms with Crippen molar-refractivity contribution < 1.29 is 29.7 Å². The summed E-state index contributed by atoms with van der Waals surface area (Å²) in [6, 6.07) is 12.1. The van der Waals surface area contributed by atoms with E-state index in [9.17, 15) is 29.7 Å². The molecular weight excluding hydrogens is 424 g/mol. The number of carbonyl (C=O) groups excluding carboxylic acids is 1. The van der Waals surface area contributed by atoms with Crippen LogP contribution in [0.2, 0.25) is 0 Å². The highest BCUT2D eigenvalue weighted by Gasteiger charge is 2.28. The number of benzene rings is 2. The molecule has 0 unspecified atom stereocenters. The van der Waals surface area contributed by atoms with E-state index in [1.807, 2.05) is 39.0 Å². The Balaban J connectivity index is 2.03. The van der Waals surface area contributed by atoms with E-state index < -0.39 is 36.4 Å². The second-order valence-electron chi connectivity index (χ2n) is 8.83. The second kappa shape index (κ2) is 11.5. The van der Waals surface area contributed by atoms with E-state index in [1.54, 1.807) is 30.3 Å². The van der Waals surface area contributed by atoms with Crippen LogP contribution in [0, 0.1) is 6.92 Å². The molecule has 0 saturated carbocycles. The van der Waals surface area contributed by atoms with Crippen molar-refractivity contribution in [3.05, 3.63) is 65.2 Å². The highest BCUT2D eigenvalue weighted by atomic mass is 16.4. The van der Waals surface area contributed by atoms with Crippen molar-refractivity contribution in [3.8, 4) is 5.75 Å². The molecule has 178 valence electrons. The van der Waals surface area contributed by atoms with Gasteiger partial charge >= 0.3 is 11.9 Å². The second-order valence-corrected chi connectivity index (χ2v) is 8.83. The predicted octanol–water partition coefficient (Wildman–Crippen LogP) is 2.61. The van der Waals surface area contributed by atoms with Gasteiger partial charge in [-0.05, 0) is 48.1 Å². The molecule has 1 amide bonds. The molecule has 8 nitrogen and oxygen atoms in total. The lowest BCUT2D eigenvalue weighted by Gasteiger charge is -2.27. The van der Waals surface area contributed by atoms with E-state index >= 15 is 0 Å². The molecule has 0 spiro atoms. The fraction of sp³-hybridized carbons (Fsp3) is 0.400. The lowest BCUT2D eigenvalue weighted by molar-refractivity contribution is -0.143. The number of aliphatic carboxylic acids is 2. The van der Waals surface area contributed by atoms with E-state index in [4.69, 9.17) is 0 Å². The number of aryl methyl sites for hydroxylation is 1. The van der Waals surface area contributed by atoms with E-state index in [2.05, 4.69) is 10.6 Å². The topological polar surface area (TPSA) is 136 Å². The highest BCUT2D eigenvalue weighted by molar-refractivity contribution is 5.89. The summed E-state index contributed by atoms with van der Waals surface area (Å²) in [5.74, 6) is -2.83. The Kier molecular flexibility index (Phi) is 8.99. The molecule has 0 bridgehead atoms. The summed E-state index contributed by atoms with van der Waals surface area (Å²) in [6.45, 7) is 6.12. The molecule has 2 rings (SSSR count). The van der Waals surface area contributed by atoms with Gasteiger partial charge in [0.05, 0.1) is 12.5 Å². The number of carboxylic acid groups (broad SMARTS) is 2. The average Bonchev–Trinajstić information content (AvgIpc) is 2.74. The first-order valence-electron chi connectivity index (χ1n) is 10.8. The smallest absolute Gasteiger partial charge is 0.326 e. The minimum atomic E-state index is -1.19. The number of hydrogen-bond acceptors (Lipinski definition) is 5. The maximum atomic E-state index is 12.8. The Hall–Kier alpha value is -3.39. The lowest BCUT2D eigenvalue weighted by Crippen LogP contribution is -2.52. The normalized spacial score (nSPS) is 13.2. The minimum absolute atomic E-state index is 0.0889. The van der Waals surface area contributed by atoms with Crippen LogP contribution in [-0.4, -0.2) is 51.8 Å². The first-order valence-corrected chi connectivity index (χ1v) is 10.8. The van der Waals surface area contributed by atoms with Gasteiger partial charge in [0.1, 0.15) is 11.8 Å². The van der Waals surface area contributed by atoms with E-state index in [0.717, 1.165) is 16.7 Å². The number of aromatic hydroxyl groups is 1. The van der Waals surface area contributed by atoms with Crippen LogP contribution < -0.4 is 10.6 Å². The van der Waals surface area contributed by atoms with Gasteiger partial charge in [0.15, 0.2) is 0 Å². The summed E-state index contributed by atoms with van der Waals surface area (Å²) in [7, 11) is 0. The van der Waals surface area contributed by atoms with Crippen LogP contribution in [-0.2, 0) is 26.2 Å². The molecule has 2 aromatic rings. The van der Waals surface area contributed by atoms with Gasteiger partial charge in [0.25, 0.3) is 0 Å². The summed E-state index contributed by atoms with van der Waals surface area (Å²) in [5.41, 5.74) is 2.09. The van der Waals surface area contributed by atoms with Crippen LogP contribution in [0.15, 0.2) is 48.5 Å². The van der Waals surface area contributed by atoms with Crippen molar-refractivity contribution in [2.75, 3.05) is 6.54 Å². The first kappa shape index (κ1) is 25.9. The van der Waals surface area contributed by atoms with E-state index in [1.165, 1.54) is 0 Å². The van der Waals surface area contributed by atoms with Crippen molar-refractivity contribution in [1.29, 1.82) is 0 Å². The minimum Gasteiger partial charge on any atom is -0.508 e. The molecule has 5 N–H and O–H groups in total. The zero-order valence-corrected chi connectivity index (χ0v) is 19.2. The largest absolute Gasteiger partial charge is 0.508 e. The van der Waals surface area contributed by atoms with Gasteiger partial charge in [-0.1, -0.05) is 56.3 Å². The van der Waals surface area contributed by atoms with Crippen LogP contribution >= 0.6 is 0 Å². The average molecular weight is 457 g/mol. The Morgan fingerprint density at radius 1 is 1.00 bits per heavy atom. The van der Waals surface area contributed by atoms with Crippen LogP contribution in [0.4, 0.5) is 0 Å². The van der Waals surface area contributed by atoms with Crippen LogP contribution in [0.25, 0.3) is 0 Å². The summed E-state index contributed by atoms with van der Waals surface area (Å²) in [4.78, 5) is 35.7. The fourth-order valence-electron chi connectivity index (χ4n) is 3.49. The van der Waals surface area contributed by atoms with Gasteiger partial charge in [-0.3, -0.25) is 9.59 Å². The fourth-order valence-corrected chi connectivity index (χ4v) is 3.49.